The summed E-state index contributed by atoms with van der Waals surface area (Å²) >= 11 is 0. The summed E-state index contributed by atoms with van der Waals surface area (Å²) in [7, 11) is 0. The van der Waals surface area contributed by atoms with Crippen LogP contribution in [0.2, 0.25) is 0 Å². The molecule has 2 aromatic rings. The quantitative estimate of drug-likeness (QED) is 0.850. The van der Waals surface area contributed by atoms with E-state index in [-0.39, 0.29) is 17.1 Å². The van der Waals surface area contributed by atoms with Gasteiger partial charge in [-0.3, -0.25) is 0 Å². The van der Waals surface area contributed by atoms with E-state index in [0.717, 1.165) is 0 Å². The number of alkyl halides is 3. The topological polar surface area (TPSA) is 47.3 Å². The first-order valence-electron chi connectivity index (χ1n) is 10.0. The average Bonchev–Trinajstić information content (AvgIpc) is 2.93. The van der Waals surface area contributed by atoms with E-state index in [1.807, 2.05) is 0 Å². The number of hydrogen-bond donors (Lipinski definition) is 1. The maximum atomic E-state index is 13.8. The monoisotopic (exact) mass is 360 g/mol. The fraction of sp³-hybridized carbons (Fsp3) is 0.611. The number of fused-ring (bicyclic) bond motifs is 1. The molecule has 1 aromatic carbocycles. The lowest BCUT2D eigenvalue weighted by Crippen LogP contribution is -2.41. The summed E-state index contributed by atoms with van der Waals surface area (Å²) in [5.74, 6) is -1.22. The molecule has 0 bridgehead atoms. The summed E-state index contributed by atoms with van der Waals surface area (Å²) in [4.78, 5) is 4.02. The molecule has 4 nitrogen and oxygen atoms in total. The van der Waals surface area contributed by atoms with E-state index in [0.29, 0.717) is 18.9 Å². The molecule has 3 rings (SSSR count). The molecule has 1 N–H and O–H groups in total. The van der Waals surface area contributed by atoms with Crippen molar-refractivity contribution in [2.75, 3.05) is 6.56 Å². The van der Waals surface area contributed by atoms with Gasteiger partial charge in [0.2, 0.25) is 0 Å². The van der Waals surface area contributed by atoms with Crippen LogP contribution < -0.4 is 4.74 Å². The first-order valence-corrected chi connectivity index (χ1v) is 8.04. The third-order valence-electron chi connectivity index (χ3n) is 4.21. The zero-order valence-corrected chi connectivity index (χ0v) is 14.2. The van der Waals surface area contributed by atoms with Gasteiger partial charge < -0.3 is 14.4 Å². The lowest BCUT2D eigenvalue weighted by Gasteiger charge is -2.41. The first-order chi connectivity index (χ1) is 13.1. The molecule has 1 aliphatic rings. The van der Waals surface area contributed by atoms with Crippen molar-refractivity contribution >= 4 is 11.0 Å². The maximum absolute atomic E-state index is 13.8. The lowest BCUT2D eigenvalue weighted by atomic mass is 9.77. The van der Waals surface area contributed by atoms with Gasteiger partial charge in [-0.15, -0.1) is 0 Å². The minimum absolute atomic E-state index is 0.0396. The van der Waals surface area contributed by atoms with Crippen molar-refractivity contribution in [1.82, 2.24) is 9.55 Å². The summed E-state index contributed by atoms with van der Waals surface area (Å²) in [6.07, 6.45) is -5.33. The van der Waals surface area contributed by atoms with Gasteiger partial charge >= 0.3 is 6.18 Å². The Morgan fingerprint density at radius 3 is 2.68 bits per heavy atom. The lowest BCUT2D eigenvalue weighted by molar-refractivity contribution is -0.136. The number of hydrogen-bond acceptors (Lipinski definition) is 3. The van der Waals surface area contributed by atoms with Crippen molar-refractivity contribution in [3.8, 4) is 5.75 Å². The Kier molecular flexibility index (Phi) is 3.33. The molecule has 0 unspecified atom stereocenters. The fourth-order valence-corrected chi connectivity index (χ4v) is 3.06. The second kappa shape index (κ2) is 6.20. The highest BCUT2D eigenvalue weighted by atomic mass is 19.4. The van der Waals surface area contributed by atoms with Gasteiger partial charge in [-0.2, -0.15) is 13.2 Å². The number of halogens is 3. The summed E-state index contributed by atoms with van der Waals surface area (Å²) in [6.45, 7) is 1.68. The number of aromatic nitrogens is 2. The molecule has 138 valence electrons. The highest BCUT2D eigenvalue weighted by Gasteiger charge is 2.42. The first kappa shape index (κ1) is 13.4. The van der Waals surface area contributed by atoms with Crippen LogP contribution in [-0.4, -0.2) is 26.8 Å². The van der Waals surface area contributed by atoms with Gasteiger partial charge in [-0.25, -0.2) is 4.98 Å². The minimum Gasteiger partial charge on any atom is -0.493 e. The van der Waals surface area contributed by atoms with Crippen molar-refractivity contribution in [2.45, 2.75) is 57.8 Å². The van der Waals surface area contributed by atoms with Crippen molar-refractivity contribution < 1.29 is 28.5 Å². The molecule has 0 amide bonds. The maximum Gasteiger partial charge on any atom is 0.418 e. The minimum atomic E-state index is -4.76. The van der Waals surface area contributed by atoms with Gasteiger partial charge in [-0.05, 0) is 38.1 Å². The van der Waals surface area contributed by atoms with Gasteiger partial charge in [0.25, 0.3) is 0 Å². The second-order valence-electron chi connectivity index (χ2n) is 7.05. The van der Waals surface area contributed by atoms with E-state index in [2.05, 4.69) is 4.98 Å². The second-order valence-corrected chi connectivity index (χ2v) is 7.05. The zero-order valence-electron chi connectivity index (χ0n) is 18.2. The van der Waals surface area contributed by atoms with E-state index >= 15 is 0 Å². The number of nitrogens with zero attached hydrogens (tertiary/aromatic N) is 2. The molecule has 0 atom stereocenters. The summed E-state index contributed by atoms with van der Waals surface area (Å²) in [5.41, 5.74) is -2.18. The molecule has 1 saturated carbocycles. The smallest absolute Gasteiger partial charge is 0.418 e. The highest BCUT2D eigenvalue weighted by molar-refractivity contribution is 5.82. The summed E-state index contributed by atoms with van der Waals surface area (Å²) in [6, 6.07) is 1.52. The van der Waals surface area contributed by atoms with E-state index < -0.39 is 41.9 Å². The van der Waals surface area contributed by atoms with Crippen molar-refractivity contribution in [1.29, 1.82) is 0 Å². The number of ether oxygens (including phenoxy) is 1. The molecule has 0 radical (unpaired) electrons. The van der Waals surface area contributed by atoms with Crippen LogP contribution >= 0.6 is 0 Å². The van der Waals surface area contributed by atoms with E-state index in [1.165, 1.54) is 30.8 Å². The van der Waals surface area contributed by atoms with Gasteiger partial charge in [0.05, 0.1) is 37.8 Å². The van der Waals surface area contributed by atoms with Crippen molar-refractivity contribution in [2.24, 2.45) is 5.92 Å². The van der Waals surface area contributed by atoms with Crippen molar-refractivity contribution in [3.05, 3.63) is 24.0 Å². The zero-order chi connectivity index (χ0) is 22.0. The number of imidazole rings is 1. The molecule has 0 spiro atoms. The van der Waals surface area contributed by atoms with E-state index in [4.69, 9.17) is 10.2 Å². The average molecular weight is 360 g/mol. The van der Waals surface area contributed by atoms with Crippen LogP contribution in [0.1, 0.15) is 57.1 Å². The van der Waals surface area contributed by atoms with Crippen molar-refractivity contribution in [3.63, 3.8) is 0 Å². The van der Waals surface area contributed by atoms with E-state index in [9.17, 15) is 18.3 Å². The molecule has 0 aliphatic heterocycles. The predicted octanol–water partition coefficient (Wildman–Crippen LogP) is 4.57. The third-order valence-corrected chi connectivity index (χ3v) is 4.21. The predicted molar refractivity (Wildman–Crippen MR) is 88.6 cm³/mol. The van der Waals surface area contributed by atoms with E-state index in [1.54, 1.807) is 6.92 Å². The Morgan fingerprint density at radius 1 is 1.44 bits per heavy atom. The molecule has 25 heavy (non-hydrogen) atoms. The van der Waals surface area contributed by atoms with Crippen LogP contribution in [0.4, 0.5) is 13.2 Å². The van der Waals surface area contributed by atoms with Gasteiger partial charge in [0.15, 0.2) is 0 Å². The fourth-order valence-electron chi connectivity index (χ4n) is 3.06. The Bertz CT molecular complexity index is 918. The number of aliphatic hydroxyl groups is 1. The Hall–Kier alpha value is -1.76. The Balaban J connectivity index is 2.06. The molecular formula is C18H23F3N2O2. The number of rotatable bonds is 5. The van der Waals surface area contributed by atoms with Crippen LogP contribution in [0, 0.1) is 5.92 Å². The summed E-state index contributed by atoms with van der Waals surface area (Å²) in [5, 5.41) is 9.92. The number of benzene rings is 1. The van der Waals surface area contributed by atoms with Gasteiger partial charge in [0.1, 0.15) is 5.75 Å². The van der Waals surface area contributed by atoms with Crippen LogP contribution in [-0.2, 0) is 6.18 Å². The largest absolute Gasteiger partial charge is 0.493 e. The highest BCUT2D eigenvalue weighted by Crippen LogP contribution is 2.45. The molecule has 0 saturated heterocycles. The SMILES string of the molecule is [2H]C([2H])(Oc1cc(C(F)(F)F)c2c(c1)ncn2C1CC(C)(O)C1)C([2H])([2H])C(C)C. The van der Waals surface area contributed by atoms with Gasteiger partial charge in [0, 0.05) is 14.8 Å². The normalized spacial score (nSPS) is 27.4. The molecule has 1 heterocycles. The molecule has 1 aromatic heterocycles. The van der Waals surface area contributed by atoms with Crippen LogP contribution in [0.3, 0.4) is 0 Å². The standard InChI is InChI=1S/C18H23F3N2O2/c1-11(2)4-5-25-13-6-14(18(19,20)21)16-15(7-13)22-10-23(16)12-8-17(3,24)9-12/h6-7,10-12,24H,4-5,8-9H2,1-3H3/i4D2,5D2. The van der Waals surface area contributed by atoms with Crippen LogP contribution in [0.5, 0.6) is 5.75 Å². The third kappa shape index (κ3) is 3.76. The Labute approximate surface area is 150 Å². The van der Waals surface area contributed by atoms with Crippen LogP contribution in [0.15, 0.2) is 18.5 Å². The Morgan fingerprint density at radius 2 is 2.12 bits per heavy atom. The molecular weight excluding hydrogens is 333 g/mol. The van der Waals surface area contributed by atoms with Crippen LogP contribution in [0.25, 0.3) is 11.0 Å². The van der Waals surface area contributed by atoms with Gasteiger partial charge in [-0.1, -0.05) is 13.8 Å². The molecule has 1 aliphatic carbocycles. The summed E-state index contributed by atoms with van der Waals surface area (Å²) < 4.78 is 79.4. The molecule has 1 fully saturated rings. The molecule has 7 heteroatoms.